The summed E-state index contributed by atoms with van der Waals surface area (Å²) in [6.45, 7) is 9.05. The topological polar surface area (TPSA) is 33.3 Å². The maximum atomic E-state index is 5.52. The molecule has 0 spiro atoms. The Morgan fingerprint density at radius 3 is 2.58 bits per heavy atom. The Morgan fingerprint density at radius 2 is 1.92 bits per heavy atom. The highest BCUT2D eigenvalue weighted by Crippen LogP contribution is 2.22. The van der Waals surface area contributed by atoms with Gasteiger partial charge in [-0.1, -0.05) is 36.8 Å². The van der Waals surface area contributed by atoms with Crippen molar-refractivity contribution in [1.29, 1.82) is 0 Å². The van der Waals surface area contributed by atoms with Gasteiger partial charge in [0.15, 0.2) is 5.11 Å². The molecule has 0 aromatic heterocycles. The second kappa shape index (κ2) is 8.69. The Hall–Kier alpha value is -2.07. The molecule has 0 aliphatic rings. The van der Waals surface area contributed by atoms with Gasteiger partial charge in [0, 0.05) is 11.8 Å². The first kappa shape index (κ1) is 18.3. The SMILES string of the molecule is CCOc1cccc(NC(=S)N[C@@H](CC)c2ccc(C)cc2C)c1. The molecule has 128 valence electrons. The van der Waals surface area contributed by atoms with E-state index in [2.05, 4.69) is 49.6 Å². The largest absolute Gasteiger partial charge is 0.494 e. The first-order valence-electron chi connectivity index (χ1n) is 8.41. The first-order valence-corrected chi connectivity index (χ1v) is 8.81. The minimum Gasteiger partial charge on any atom is -0.494 e. The van der Waals surface area contributed by atoms with Crippen LogP contribution in [0.2, 0.25) is 0 Å². The van der Waals surface area contributed by atoms with Crippen LogP contribution in [-0.2, 0) is 0 Å². The predicted octanol–water partition coefficient (Wildman–Crippen LogP) is 5.14. The summed E-state index contributed by atoms with van der Waals surface area (Å²) in [6, 6.07) is 14.6. The molecule has 1 atom stereocenters. The molecule has 0 saturated heterocycles. The molecule has 0 aliphatic carbocycles. The standard InChI is InChI=1S/C20H26N2OS/c1-5-19(18-11-10-14(3)12-15(18)4)22-20(24)21-16-8-7-9-17(13-16)23-6-2/h7-13,19H,5-6H2,1-4H3,(H2,21,22,24)/t19-/m0/s1. The van der Waals surface area contributed by atoms with Gasteiger partial charge in [-0.25, -0.2) is 0 Å². The summed E-state index contributed by atoms with van der Waals surface area (Å²) in [4.78, 5) is 0. The number of nitrogens with one attached hydrogen (secondary N) is 2. The molecular formula is C20H26N2OS. The molecule has 0 bridgehead atoms. The summed E-state index contributed by atoms with van der Waals surface area (Å²) in [5, 5.41) is 7.29. The van der Waals surface area contributed by atoms with Crippen LogP contribution in [0.25, 0.3) is 0 Å². The highest BCUT2D eigenvalue weighted by Gasteiger charge is 2.13. The lowest BCUT2D eigenvalue weighted by Crippen LogP contribution is -2.32. The van der Waals surface area contributed by atoms with Crippen LogP contribution in [0.15, 0.2) is 42.5 Å². The summed E-state index contributed by atoms with van der Waals surface area (Å²) < 4.78 is 5.52. The van der Waals surface area contributed by atoms with Gasteiger partial charge in [0.1, 0.15) is 5.75 Å². The van der Waals surface area contributed by atoms with Crippen LogP contribution in [0.5, 0.6) is 5.75 Å². The van der Waals surface area contributed by atoms with E-state index in [-0.39, 0.29) is 6.04 Å². The monoisotopic (exact) mass is 342 g/mol. The Bertz CT molecular complexity index is 700. The minimum atomic E-state index is 0.195. The third-order valence-corrected chi connectivity index (χ3v) is 4.14. The van der Waals surface area contributed by atoms with E-state index in [0.29, 0.717) is 11.7 Å². The second-order valence-electron chi connectivity index (χ2n) is 5.88. The van der Waals surface area contributed by atoms with Crippen LogP contribution in [0.3, 0.4) is 0 Å². The van der Waals surface area contributed by atoms with E-state index < -0.39 is 0 Å². The lowest BCUT2D eigenvalue weighted by Gasteiger charge is -2.22. The zero-order valence-electron chi connectivity index (χ0n) is 14.8. The van der Waals surface area contributed by atoms with Gasteiger partial charge in [-0.3, -0.25) is 0 Å². The van der Waals surface area contributed by atoms with Crippen molar-refractivity contribution in [2.45, 2.75) is 40.2 Å². The van der Waals surface area contributed by atoms with Crippen LogP contribution in [-0.4, -0.2) is 11.7 Å². The third kappa shape index (κ3) is 4.96. The van der Waals surface area contributed by atoms with Crippen LogP contribution in [0.1, 0.15) is 43.0 Å². The normalized spacial score (nSPS) is 11.7. The van der Waals surface area contributed by atoms with E-state index in [4.69, 9.17) is 17.0 Å². The van der Waals surface area contributed by atoms with E-state index >= 15 is 0 Å². The van der Waals surface area contributed by atoms with Crippen molar-refractivity contribution in [1.82, 2.24) is 5.32 Å². The van der Waals surface area contributed by atoms with E-state index in [1.54, 1.807) is 0 Å². The highest BCUT2D eigenvalue weighted by atomic mass is 32.1. The average Bonchev–Trinajstić information content (AvgIpc) is 2.54. The highest BCUT2D eigenvalue weighted by molar-refractivity contribution is 7.80. The lowest BCUT2D eigenvalue weighted by atomic mass is 9.98. The molecule has 3 nitrogen and oxygen atoms in total. The molecule has 0 heterocycles. The molecule has 0 radical (unpaired) electrons. The maximum Gasteiger partial charge on any atom is 0.171 e. The molecule has 0 fully saturated rings. The van der Waals surface area contributed by atoms with E-state index in [1.807, 2.05) is 31.2 Å². The zero-order chi connectivity index (χ0) is 17.5. The first-order chi connectivity index (χ1) is 11.5. The van der Waals surface area contributed by atoms with Gasteiger partial charge in [-0.2, -0.15) is 0 Å². The number of thiocarbonyl (C=S) groups is 1. The predicted molar refractivity (Wildman–Crippen MR) is 106 cm³/mol. The zero-order valence-corrected chi connectivity index (χ0v) is 15.7. The van der Waals surface area contributed by atoms with Crippen molar-refractivity contribution in [2.75, 3.05) is 11.9 Å². The van der Waals surface area contributed by atoms with Gasteiger partial charge in [0.05, 0.1) is 12.6 Å². The van der Waals surface area contributed by atoms with Crippen LogP contribution in [0, 0.1) is 13.8 Å². The van der Waals surface area contributed by atoms with Gasteiger partial charge in [-0.05, 0) is 62.7 Å². The molecule has 2 aromatic rings. The summed E-state index contributed by atoms with van der Waals surface area (Å²) in [7, 11) is 0. The summed E-state index contributed by atoms with van der Waals surface area (Å²) >= 11 is 5.49. The maximum absolute atomic E-state index is 5.52. The Morgan fingerprint density at radius 1 is 1.12 bits per heavy atom. The van der Waals surface area contributed by atoms with Crippen LogP contribution >= 0.6 is 12.2 Å². The quantitative estimate of drug-likeness (QED) is 0.712. The molecule has 2 rings (SSSR count). The fourth-order valence-electron chi connectivity index (χ4n) is 2.77. The Balaban J connectivity index is 2.05. The van der Waals surface area contributed by atoms with Crippen molar-refractivity contribution in [2.24, 2.45) is 0 Å². The number of hydrogen-bond donors (Lipinski definition) is 2. The number of ether oxygens (including phenoxy) is 1. The van der Waals surface area contributed by atoms with E-state index in [0.717, 1.165) is 17.9 Å². The van der Waals surface area contributed by atoms with Crippen LogP contribution < -0.4 is 15.4 Å². The van der Waals surface area contributed by atoms with Crippen molar-refractivity contribution in [3.8, 4) is 5.75 Å². The van der Waals surface area contributed by atoms with Gasteiger partial charge in [-0.15, -0.1) is 0 Å². The Kier molecular flexibility index (Phi) is 6.62. The summed E-state index contributed by atoms with van der Waals surface area (Å²) in [6.07, 6.45) is 0.963. The summed E-state index contributed by atoms with van der Waals surface area (Å²) in [5.41, 5.74) is 4.78. The molecule has 0 saturated carbocycles. The number of benzene rings is 2. The summed E-state index contributed by atoms with van der Waals surface area (Å²) in [5.74, 6) is 0.840. The van der Waals surface area contributed by atoms with Gasteiger partial charge >= 0.3 is 0 Å². The van der Waals surface area contributed by atoms with Crippen molar-refractivity contribution in [3.05, 3.63) is 59.2 Å². The molecule has 2 N–H and O–H groups in total. The van der Waals surface area contributed by atoms with E-state index in [9.17, 15) is 0 Å². The van der Waals surface area contributed by atoms with Crippen molar-refractivity contribution >= 4 is 23.0 Å². The Labute approximate surface area is 150 Å². The number of hydrogen-bond acceptors (Lipinski definition) is 2. The number of anilines is 1. The molecule has 0 unspecified atom stereocenters. The smallest absolute Gasteiger partial charge is 0.171 e. The molecule has 0 aliphatic heterocycles. The number of aryl methyl sites for hydroxylation is 2. The second-order valence-corrected chi connectivity index (χ2v) is 6.29. The molecule has 2 aromatic carbocycles. The molecular weight excluding hydrogens is 316 g/mol. The van der Waals surface area contributed by atoms with Crippen molar-refractivity contribution < 1.29 is 4.74 Å². The lowest BCUT2D eigenvalue weighted by molar-refractivity contribution is 0.340. The number of rotatable bonds is 6. The third-order valence-electron chi connectivity index (χ3n) is 3.92. The van der Waals surface area contributed by atoms with Gasteiger partial charge < -0.3 is 15.4 Å². The van der Waals surface area contributed by atoms with Gasteiger partial charge in [0.2, 0.25) is 0 Å². The average molecular weight is 343 g/mol. The molecule has 4 heteroatoms. The minimum absolute atomic E-state index is 0.195. The van der Waals surface area contributed by atoms with Crippen LogP contribution in [0.4, 0.5) is 5.69 Å². The van der Waals surface area contributed by atoms with E-state index in [1.165, 1.54) is 16.7 Å². The van der Waals surface area contributed by atoms with Gasteiger partial charge in [0.25, 0.3) is 0 Å². The molecule has 0 amide bonds. The molecule has 24 heavy (non-hydrogen) atoms. The fourth-order valence-corrected chi connectivity index (χ4v) is 3.03. The fraction of sp³-hybridized carbons (Fsp3) is 0.350. The van der Waals surface area contributed by atoms with Crippen molar-refractivity contribution in [3.63, 3.8) is 0 Å².